The number of carboxylic acid groups (broad SMARTS) is 1. The summed E-state index contributed by atoms with van der Waals surface area (Å²) in [7, 11) is 0. The summed E-state index contributed by atoms with van der Waals surface area (Å²) in [5.41, 5.74) is 1.24. The standard InChI is InChI=1S/C20H26N2O4S/c23-18(24)11-10-17-19(25)22(20(26)21(17)15-8-4-5-9-15)16(13-27)12-14-6-2-1-3-7-14/h1-3,6-7,15-16,25,27H,4-5,8-13H2,(H,23,24). The molecule has 1 fully saturated rings. The Labute approximate surface area is 163 Å². The first-order valence-corrected chi connectivity index (χ1v) is 10.1. The maximum absolute atomic E-state index is 13.2. The molecule has 0 aliphatic heterocycles. The molecule has 0 radical (unpaired) electrons. The van der Waals surface area contributed by atoms with Gasteiger partial charge in [0.15, 0.2) is 0 Å². The lowest BCUT2D eigenvalue weighted by atomic mass is 10.1. The van der Waals surface area contributed by atoms with Gasteiger partial charge in [0.2, 0.25) is 5.88 Å². The Bertz CT molecular complexity index is 838. The van der Waals surface area contributed by atoms with Crippen LogP contribution in [0.4, 0.5) is 0 Å². The Balaban J connectivity index is 2.01. The van der Waals surface area contributed by atoms with E-state index in [1.54, 1.807) is 4.57 Å². The number of nitrogens with zero attached hydrogens (tertiary/aromatic N) is 2. The first kappa shape index (κ1) is 19.6. The largest absolute Gasteiger partial charge is 0.493 e. The van der Waals surface area contributed by atoms with Crippen LogP contribution >= 0.6 is 12.6 Å². The lowest BCUT2D eigenvalue weighted by Crippen LogP contribution is -2.31. The van der Waals surface area contributed by atoms with Crippen molar-refractivity contribution in [2.45, 2.75) is 57.0 Å². The highest BCUT2D eigenvalue weighted by atomic mass is 32.1. The second kappa shape index (κ2) is 8.69. The van der Waals surface area contributed by atoms with E-state index in [2.05, 4.69) is 12.6 Å². The molecule has 1 aliphatic rings. The van der Waals surface area contributed by atoms with Crippen molar-refractivity contribution in [2.24, 2.45) is 0 Å². The van der Waals surface area contributed by atoms with Crippen molar-refractivity contribution in [1.29, 1.82) is 0 Å². The van der Waals surface area contributed by atoms with E-state index in [1.807, 2.05) is 30.3 Å². The summed E-state index contributed by atoms with van der Waals surface area (Å²) in [5, 5.41) is 19.9. The predicted octanol–water partition coefficient (Wildman–Crippen LogP) is 3.20. The van der Waals surface area contributed by atoms with Gasteiger partial charge in [-0.25, -0.2) is 4.79 Å². The number of hydrogen-bond donors (Lipinski definition) is 3. The second-order valence-electron chi connectivity index (χ2n) is 7.15. The first-order chi connectivity index (χ1) is 13.0. The number of carbonyl (C=O) groups is 1. The minimum Gasteiger partial charge on any atom is -0.493 e. The van der Waals surface area contributed by atoms with Crippen molar-refractivity contribution in [3.8, 4) is 5.88 Å². The summed E-state index contributed by atoms with van der Waals surface area (Å²) in [4.78, 5) is 24.3. The molecule has 0 spiro atoms. The van der Waals surface area contributed by atoms with Gasteiger partial charge in [-0.1, -0.05) is 43.2 Å². The molecule has 146 valence electrons. The average molecular weight is 391 g/mol. The molecule has 1 aromatic heterocycles. The van der Waals surface area contributed by atoms with E-state index in [1.165, 1.54) is 4.57 Å². The quantitative estimate of drug-likeness (QED) is 0.605. The number of aliphatic carboxylic acids is 1. The van der Waals surface area contributed by atoms with Gasteiger partial charge in [0.25, 0.3) is 0 Å². The van der Waals surface area contributed by atoms with Crippen molar-refractivity contribution >= 4 is 18.6 Å². The number of imidazole rings is 1. The number of carboxylic acids is 1. The van der Waals surface area contributed by atoms with Gasteiger partial charge in [-0.15, -0.1) is 0 Å². The zero-order valence-corrected chi connectivity index (χ0v) is 16.1. The second-order valence-corrected chi connectivity index (χ2v) is 7.52. The molecule has 2 N–H and O–H groups in total. The number of rotatable bonds is 8. The number of aromatic hydroxyl groups is 1. The smallest absolute Gasteiger partial charge is 0.331 e. The van der Waals surface area contributed by atoms with E-state index in [4.69, 9.17) is 5.11 Å². The molecule has 1 atom stereocenters. The van der Waals surface area contributed by atoms with Crippen LogP contribution in [0.5, 0.6) is 5.88 Å². The van der Waals surface area contributed by atoms with Crippen molar-refractivity contribution in [3.05, 3.63) is 52.1 Å². The topological polar surface area (TPSA) is 84.5 Å². The van der Waals surface area contributed by atoms with Gasteiger partial charge < -0.3 is 10.2 Å². The SMILES string of the molecule is O=C(O)CCc1c(O)n(C(CS)Cc2ccccc2)c(=O)n1C1CCCC1. The molecule has 0 amide bonds. The Morgan fingerprint density at radius 3 is 2.48 bits per heavy atom. The predicted molar refractivity (Wildman–Crippen MR) is 107 cm³/mol. The summed E-state index contributed by atoms with van der Waals surface area (Å²) in [6.07, 6.45) is 4.45. The van der Waals surface area contributed by atoms with Gasteiger partial charge in [0.05, 0.1) is 18.2 Å². The van der Waals surface area contributed by atoms with Crippen molar-refractivity contribution in [1.82, 2.24) is 9.13 Å². The summed E-state index contributed by atoms with van der Waals surface area (Å²) < 4.78 is 3.06. The lowest BCUT2D eigenvalue weighted by Gasteiger charge is -2.16. The highest BCUT2D eigenvalue weighted by Crippen LogP contribution is 2.34. The molecule has 3 rings (SSSR count). The number of aromatic nitrogens is 2. The number of thiol groups is 1. The molecule has 1 heterocycles. The van der Waals surface area contributed by atoms with E-state index in [9.17, 15) is 14.7 Å². The summed E-state index contributed by atoms with van der Waals surface area (Å²) in [6, 6.07) is 9.52. The van der Waals surface area contributed by atoms with Crippen LogP contribution in [0, 0.1) is 0 Å². The Kier molecular flexibility index (Phi) is 6.31. The van der Waals surface area contributed by atoms with E-state index >= 15 is 0 Å². The van der Waals surface area contributed by atoms with Gasteiger partial charge in [-0.05, 0) is 24.8 Å². The molecule has 2 aromatic rings. The summed E-state index contributed by atoms with van der Waals surface area (Å²) in [6.45, 7) is 0. The van der Waals surface area contributed by atoms with E-state index < -0.39 is 5.97 Å². The first-order valence-electron chi connectivity index (χ1n) is 9.44. The molecule has 7 heteroatoms. The van der Waals surface area contributed by atoms with Crippen LogP contribution in [0.2, 0.25) is 0 Å². The fourth-order valence-electron chi connectivity index (χ4n) is 4.02. The van der Waals surface area contributed by atoms with Gasteiger partial charge in [-0.3, -0.25) is 13.9 Å². The number of hydrogen-bond acceptors (Lipinski definition) is 4. The third-order valence-corrected chi connectivity index (χ3v) is 5.77. The third kappa shape index (κ3) is 4.24. The monoisotopic (exact) mass is 390 g/mol. The fraction of sp³-hybridized carbons (Fsp3) is 0.500. The normalized spacial score (nSPS) is 15.9. The molecule has 1 unspecified atom stereocenters. The zero-order valence-electron chi connectivity index (χ0n) is 15.3. The molecular weight excluding hydrogens is 364 g/mol. The van der Waals surface area contributed by atoms with Crippen LogP contribution in [-0.2, 0) is 17.6 Å². The summed E-state index contributed by atoms with van der Waals surface area (Å²) in [5.74, 6) is -0.652. The van der Waals surface area contributed by atoms with E-state index in [-0.39, 0.29) is 36.5 Å². The maximum Gasteiger partial charge on any atom is 0.331 e. The van der Waals surface area contributed by atoms with Crippen LogP contribution in [-0.4, -0.2) is 31.1 Å². The van der Waals surface area contributed by atoms with Crippen molar-refractivity contribution < 1.29 is 15.0 Å². The molecular formula is C20H26N2O4S. The van der Waals surface area contributed by atoms with Crippen LogP contribution in [0.25, 0.3) is 0 Å². The fourth-order valence-corrected chi connectivity index (χ4v) is 4.31. The van der Waals surface area contributed by atoms with Gasteiger partial charge in [-0.2, -0.15) is 12.6 Å². The van der Waals surface area contributed by atoms with E-state index in [0.717, 1.165) is 31.2 Å². The van der Waals surface area contributed by atoms with Crippen LogP contribution in [0.15, 0.2) is 35.1 Å². The molecule has 0 saturated heterocycles. The number of benzene rings is 1. The van der Waals surface area contributed by atoms with Crippen molar-refractivity contribution in [2.75, 3.05) is 5.75 Å². The molecule has 0 bridgehead atoms. The zero-order chi connectivity index (χ0) is 19.4. The van der Waals surface area contributed by atoms with E-state index in [0.29, 0.717) is 17.9 Å². The van der Waals surface area contributed by atoms with Crippen molar-refractivity contribution in [3.63, 3.8) is 0 Å². The summed E-state index contributed by atoms with van der Waals surface area (Å²) >= 11 is 4.42. The minimum atomic E-state index is -0.942. The molecule has 1 saturated carbocycles. The molecule has 6 nitrogen and oxygen atoms in total. The third-order valence-electron chi connectivity index (χ3n) is 5.34. The molecule has 27 heavy (non-hydrogen) atoms. The van der Waals surface area contributed by atoms with Gasteiger partial charge in [0, 0.05) is 18.2 Å². The van der Waals surface area contributed by atoms with Crippen LogP contribution in [0.3, 0.4) is 0 Å². The average Bonchev–Trinajstić information content (AvgIpc) is 3.26. The Hall–Kier alpha value is -2.15. The van der Waals surface area contributed by atoms with Crippen LogP contribution < -0.4 is 5.69 Å². The Morgan fingerprint density at radius 1 is 1.22 bits per heavy atom. The van der Waals surface area contributed by atoms with Gasteiger partial charge in [0.1, 0.15) is 0 Å². The maximum atomic E-state index is 13.2. The highest BCUT2D eigenvalue weighted by Gasteiger charge is 2.29. The molecule has 1 aromatic carbocycles. The van der Waals surface area contributed by atoms with Crippen LogP contribution in [0.1, 0.15) is 55.4 Å². The highest BCUT2D eigenvalue weighted by molar-refractivity contribution is 7.80. The molecule has 1 aliphatic carbocycles. The van der Waals surface area contributed by atoms with Gasteiger partial charge >= 0.3 is 11.7 Å². The Morgan fingerprint density at radius 2 is 1.89 bits per heavy atom. The minimum absolute atomic E-state index is 0.0331. The lowest BCUT2D eigenvalue weighted by molar-refractivity contribution is -0.137.